The first-order valence-electron chi connectivity index (χ1n) is 8.09. The number of benzene rings is 2. The van der Waals surface area contributed by atoms with Gasteiger partial charge < -0.3 is 25.0 Å². The molecule has 0 atom stereocenters. The standard InChI is InChI=1S/C19H13Cl2FN2O5/c20-15-17(16(21)19(24-18(15)22)23-9-14(26)27)29-11-6-7-12(25)13(8-11)28-10-4-2-1-3-5-10/h1-8,25H,9H2,(H,23,24)(H,26,27). The molecule has 150 valence electrons. The fourth-order valence-electron chi connectivity index (χ4n) is 2.23. The lowest BCUT2D eigenvalue weighted by molar-refractivity contribution is -0.134. The molecular formula is C19H13Cl2FN2O5. The van der Waals surface area contributed by atoms with Gasteiger partial charge in [-0.3, -0.25) is 4.79 Å². The smallest absolute Gasteiger partial charge is 0.322 e. The molecule has 1 heterocycles. The SMILES string of the molecule is O=C(O)CNc1nc(F)c(Cl)c(Oc2ccc(O)c(Oc3ccccc3)c2)c1Cl. The number of carboxylic acids is 1. The van der Waals surface area contributed by atoms with Crippen LogP contribution in [0, 0.1) is 5.95 Å². The first-order chi connectivity index (χ1) is 13.8. The second-order valence-corrected chi connectivity index (χ2v) is 6.36. The number of carboxylic acid groups (broad SMARTS) is 1. The number of nitrogens with one attached hydrogen (secondary N) is 1. The number of aliphatic carboxylic acids is 1. The van der Waals surface area contributed by atoms with Crippen molar-refractivity contribution in [3.8, 4) is 28.7 Å². The van der Waals surface area contributed by atoms with E-state index in [9.17, 15) is 14.3 Å². The van der Waals surface area contributed by atoms with Crippen LogP contribution in [0.25, 0.3) is 0 Å². The number of halogens is 3. The quantitative estimate of drug-likeness (QED) is 0.429. The molecule has 0 radical (unpaired) electrons. The molecular weight excluding hydrogens is 426 g/mol. The Morgan fingerprint density at radius 1 is 1.07 bits per heavy atom. The highest BCUT2D eigenvalue weighted by Gasteiger charge is 2.21. The summed E-state index contributed by atoms with van der Waals surface area (Å²) in [6.07, 6.45) is 0. The second-order valence-electron chi connectivity index (χ2n) is 5.60. The zero-order chi connectivity index (χ0) is 21.0. The summed E-state index contributed by atoms with van der Waals surface area (Å²) in [4.78, 5) is 14.2. The number of anilines is 1. The van der Waals surface area contributed by atoms with Crippen molar-refractivity contribution in [3.63, 3.8) is 0 Å². The van der Waals surface area contributed by atoms with Gasteiger partial charge >= 0.3 is 5.97 Å². The van der Waals surface area contributed by atoms with Crippen LogP contribution in [0.1, 0.15) is 0 Å². The fourth-order valence-corrected chi connectivity index (χ4v) is 2.70. The summed E-state index contributed by atoms with van der Waals surface area (Å²) in [6.45, 7) is -0.540. The molecule has 29 heavy (non-hydrogen) atoms. The van der Waals surface area contributed by atoms with E-state index in [1.807, 2.05) is 6.07 Å². The van der Waals surface area contributed by atoms with Gasteiger partial charge in [0, 0.05) is 6.07 Å². The average molecular weight is 439 g/mol. The van der Waals surface area contributed by atoms with Gasteiger partial charge in [-0.25, -0.2) is 0 Å². The van der Waals surface area contributed by atoms with Crippen molar-refractivity contribution >= 4 is 35.0 Å². The zero-order valence-electron chi connectivity index (χ0n) is 14.5. The molecule has 10 heteroatoms. The molecule has 2 aromatic carbocycles. The van der Waals surface area contributed by atoms with Crippen LogP contribution in [-0.4, -0.2) is 27.7 Å². The Morgan fingerprint density at radius 2 is 1.79 bits per heavy atom. The normalized spacial score (nSPS) is 10.4. The van der Waals surface area contributed by atoms with Crippen molar-refractivity contribution in [1.82, 2.24) is 4.98 Å². The Labute approximate surface area is 174 Å². The van der Waals surface area contributed by atoms with Gasteiger partial charge in [0.15, 0.2) is 23.1 Å². The summed E-state index contributed by atoms with van der Waals surface area (Å²) in [6, 6.07) is 12.8. The molecule has 7 nitrogen and oxygen atoms in total. The summed E-state index contributed by atoms with van der Waals surface area (Å²) >= 11 is 12.1. The van der Waals surface area contributed by atoms with E-state index in [4.69, 9.17) is 37.8 Å². The molecule has 0 saturated heterocycles. The van der Waals surface area contributed by atoms with Crippen molar-refractivity contribution in [3.05, 3.63) is 64.5 Å². The molecule has 3 rings (SSSR count). The molecule has 0 saturated carbocycles. The number of aromatic nitrogens is 1. The highest BCUT2D eigenvalue weighted by molar-refractivity contribution is 6.38. The molecule has 3 N–H and O–H groups in total. The Kier molecular flexibility index (Phi) is 6.26. The third-order valence-corrected chi connectivity index (χ3v) is 4.21. The topological polar surface area (TPSA) is 101 Å². The summed E-state index contributed by atoms with van der Waals surface area (Å²) in [5, 5.41) is 20.4. The molecule has 0 unspecified atom stereocenters. The molecule has 0 aliphatic rings. The van der Waals surface area contributed by atoms with Gasteiger partial charge in [0.25, 0.3) is 0 Å². The van der Waals surface area contributed by atoms with Crippen LogP contribution in [0.4, 0.5) is 10.2 Å². The number of phenolic OH excluding ortho intramolecular Hbond substituents is 1. The van der Waals surface area contributed by atoms with Crippen molar-refractivity contribution in [1.29, 1.82) is 0 Å². The predicted octanol–water partition coefficient (Wildman–Crippen LogP) is 5.31. The summed E-state index contributed by atoms with van der Waals surface area (Å²) in [5.74, 6) is -2.27. The van der Waals surface area contributed by atoms with E-state index in [1.165, 1.54) is 18.2 Å². The summed E-state index contributed by atoms with van der Waals surface area (Å²) in [7, 11) is 0. The Bertz CT molecular complexity index is 1050. The van der Waals surface area contributed by atoms with Crippen LogP contribution < -0.4 is 14.8 Å². The maximum absolute atomic E-state index is 14.0. The van der Waals surface area contributed by atoms with E-state index in [1.54, 1.807) is 24.3 Å². The van der Waals surface area contributed by atoms with Crippen LogP contribution in [0.2, 0.25) is 10.0 Å². The van der Waals surface area contributed by atoms with E-state index in [0.717, 1.165) is 0 Å². The number of phenols is 1. The highest BCUT2D eigenvalue weighted by Crippen LogP contribution is 2.43. The molecule has 0 aliphatic heterocycles. The number of hydrogen-bond donors (Lipinski definition) is 3. The Hall–Kier alpha value is -3.23. The first kappa shape index (κ1) is 20.5. The number of aromatic hydroxyl groups is 1. The lowest BCUT2D eigenvalue weighted by Gasteiger charge is -2.14. The van der Waals surface area contributed by atoms with Crippen LogP contribution >= 0.6 is 23.2 Å². The maximum Gasteiger partial charge on any atom is 0.322 e. The number of ether oxygens (including phenoxy) is 2. The summed E-state index contributed by atoms with van der Waals surface area (Å²) in [5.41, 5.74) is 0. The van der Waals surface area contributed by atoms with Crippen molar-refractivity contribution in [2.24, 2.45) is 0 Å². The number of nitrogens with zero attached hydrogens (tertiary/aromatic N) is 1. The molecule has 0 spiro atoms. The van der Waals surface area contributed by atoms with E-state index in [-0.39, 0.29) is 33.8 Å². The van der Waals surface area contributed by atoms with Gasteiger partial charge in [-0.1, -0.05) is 41.4 Å². The number of carbonyl (C=O) groups is 1. The van der Waals surface area contributed by atoms with E-state index < -0.39 is 23.5 Å². The molecule has 0 fully saturated rings. The molecule has 0 amide bonds. The van der Waals surface area contributed by atoms with Gasteiger partial charge in [0.05, 0.1) is 0 Å². The fraction of sp³-hybridized carbons (Fsp3) is 0.0526. The summed E-state index contributed by atoms with van der Waals surface area (Å²) < 4.78 is 25.2. The number of para-hydroxylation sites is 1. The number of rotatable bonds is 7. The lowest BCUT2D eigenvalue weighted by atomic mass is 10.3. The maximum atomic E-state index is 14.0. The third-order valence-electron chi connectivity index (χ3n) is 3.53. The third kappa shape index (κ3) is 4.98. The molecule has 0 aliphatic carbocycles. The van der Waals surface area contributed by atoms with Crippen molar-refractivity contribution in [2.45, 2.75) is 0 Å². The Morgan fingerprint density at radius 3 is 2.48 bits per heavy atom. The van der Waals surface area contributed by atoms with E-state index in [2.05, 4.69) is 10.3 Å². The van der Waals surface area contributed by atoms with Gasteiger partial charge in [-0.15, -0.1) is 0 Å². The minimum Gasteiger partial charge on any atom is -0.504 e. The van der Waals surface area contributed by atoms with Crippen LogP contribution in [0.15, 0.2) is 48.5 Å². The average Bonchev–Trinajstić information content (AvgIpc) is 2.70. The van der Waals surface area contributed by atoms with E-state index in [0.29, 0.717) is 5.75 Å². The van der Waals surface area contributed by atoms with Gasteiger partial charge in [-0.05, 0) is 24.3 Å². The van der Waals surface area contributed by atoms with Crippen LogP contribution in [0.5, 0.6) is 28.7 Å². The number of hydrogen-bond acceptors (Lipinski definition) is 6. The highest BCUT2D eigenvalue weighted by atomic mass is 35.5. The predicted molar refractivity (Wildman–Crippen MR) is 105 cm³/mol. The molecule has 0 bridgehead atoms. The van der Waals surface area contributed by atoms with Crippen molar-refractivity contribution in [2.75, 3.05) is 11.9 Å². The van der Waals surface area contributed by atoms with Gasteiger partial charge in [0.1, 0.15) is 28.1 Å². The van der Waals surface area contributed by atoms with Crippen LogP contribution in [0.3, 0.4) is 0 Å². The van der Waals surface area contributed by atoms with Gasteiger partial charge in [0.2, 0.25) is 5.95 Å². The largest absolute Gasteiger partial charge is 0.504 e. The minimum atomic E-state index is -1.19. The molecule has 3 aromatic rings. The zero-order valence-corrected chi connectivity index (χ0v) is 16.0. The lowest BCUT2D eigenvalue weighted by Crippen LogP contribution is -2.14. The van der Waals surface area contributed by atoms with Gasteiger partial charge in [-0.2, -0.15) is 9.37 Å². The van der Waals surface area contributed by atoms with Crippen molar-refractivity contribution < 1.29 is 28.9 Å². The first-order valence-corrected chi connectivity index (χ1v) is 8.84. The molecule has 1 aromatic heterocycles. The second kappa shape index (κ2) is 8.85. The van der Waals surface area contributed by atoms with Crippen LogP contribution in [-0.2, 0) is 4.79 Å². The minimum absolute atomic E-state index is 0.0831. The monoisotopic (exact) mass is 438 g/mol. The Balaban J connectivity index is 1.91. The van der Waals surface area contributed by atoms with E-state index >= 15 is 0 Å². The number of pyridine rings is 1.